The molecule has 0 saturated carbocycles. The van der Waals surface area contributed by atoms with E-state index < -0.39 is 0 Å². The summed E-state index contributed by atoms with van der Waals surface area (Å²) in [5, 5.41) is 2.24. The zero-order valence-corrected chi connectivity index (χ0v) is 21.4. The van der Waals surface area contributed by atoms with Gasteiger partial charge in [-0.05, 0) is 70.4 Å². The highest BCUT2D eigenvalue weighted by Gasteiger charge is 2.44. The quantitative estimate of drug-likeness (QED) is 0.245. The molecule has 1 aromatic carbocycles. The third kappa shape index (κ3) is 2.85. The van der Waals surface area contributed by atoms with Crippen LogP contribution in [0.2, 0.25) is 0 Å². The first kappa shape index (κ1) is 20.8. The fourth-order valence-electron chi connectivity index (χ4n) is 5.65. The SMILES string of the molecule is Cc1sc(C)c([C@H]2c3c(c4ncccc4c4cccnc34)O[C@@H]2c2c(C)sc(C)c2C)c1C. The van der Waals surface area contributed by atoms with Gasteiger partial charge < -0.3 is 4.74 Å². The molecular formula is C28H26N2OS2. The summed E-state index contributed by atoms with van der Waals surface area (Å²) >= 11 is 3.76. The van der Waals surface area contributed by atoms with Crippen LogP contribution in [0.5, 0.6) is 5.75 Å². The molecule has 0 spiro atoms. The van der Waals surface area contributed by atoms with Gasteiger partial charge in [0.2, 0.25) is 0 Å². The number of benzene rings is 1. The first-order chi connectivity index (χ1) is 15.9. The van der Waals surface area contributed by atoms with Gasteiger partial charge in [-0.2, -0.15) is 0 Å². The summed E-state index contributed by atoms with van der Waals surface area (Å²) in [6.07, 6.45) is 3.68. The maximum Gasteiger partial charge on any atom is 0.152 e. The van der Waals surface area contributed by atoms with Gasteiger partial charge in [0.1, 0.15) is 11.6 Å². The normalized spacial score (nSPS) is 17.6. The summed E-state index contributed by atoms with van der Waals surface area (Å²) < 4.78 is 6.98. The third-order valence-corrected chi connectivity index (χ3v) is 9.59. The standard InChI is InChI=1S/C28H26N2OS2/c1-13-15(3)32-17(5)21(13)23-24-25-19(9-7-11-29-25)20-10-8-12-30-26(20)28(24)31-27(23)22-14(2)16(4)33-18(22)6/h7-12,23,27H,1-6H3/t23-,27+/m0/s1. The summed E-state index contributed by atoms with van der Waals surface area (Å²) in [5.41, 5.74) is 8.60. The zero-order chi connectivity index (χ0) is 23.0. The minimum absolute atomic E-state index is 0.0835. The minimum Gasteiger partial charge on any atom is -0.482 e. The molecule has 0 N–H and O–H groups in total. The lowest BCUT2D eigenvalue weighted by Gasteiger charge is -2.22. The number of rotatable bonds is 2. The van der Waals surface area contributed by atoms with Crippen LogP contribution in [0.3, 0.4) is 0 Å². The Hall–Kier alpha value is -2.76. The van der Waals surface area contributed by atoms with Gasteiger partial charge in [-0.25, -0.2) is 0 Å². The molecule has 0 radical (unpaired) electrons. The van der Waals surface area contributed by atoms with Crippen LogP contribution in [0.4, 0.5) is 0 Å². The van der Waals surface area contributed by atoms with Crippen molar-refractivity contribution in [2.24, 2.45) is 0 Å². The largest absolute Gasteiger partial charge is 0.482 e. The summed E-state index contributed by atoms with van der Waals surface area (Å²) in [6, 6.07) is 8.32. The second kappa shape index (κ2) is 7.37. The van der Waals surface area contributed by atoms with Crippen LogP contribution in [0.25, 0.3) is 21.8 Å². The lowest BCUT2D eigenvalue weighted by atomic mass is 9.81. The monoisotopic (exact) mass is 470 g/mol. The van der Waals surface area contributed by atoms with Crippen LogP contribution in [0, 0.1) is 41.5 Å². The molecule has 3 nitrogen and oxygen atoms in total. The number of hydrogen-bond donors (Lipinski definition) is 0. The minimum atomic E-state index is -0.0887. The Bertz CT molecular complexity index is 1580. The zero-order valence-electron chi connectivity index (χ0n) is 19.7. The highest BCUT2D eigenvalue weighted by atomic mass is 32.1. The van der Waals surface area contributed by atoms with Gasteiger partial charge in [-0.3, -0.25) is 9.97 Å². The molecule has 0 unspecified atom stereocenters. The number of thiophene rings is 2. The predicted molar refractivity (Wildman–Crippen MR) is 139 cm³/mol. The number of nitrogens with zero attached hydrogens (tertiary/aromatic N) is 2. The molecule has 5 aromatic rings. The predicted octanol–water partition coefficient (Wildman–Crippen LogP) is 8.02. The van der Waals surface area contributed by atoms with Crippen molar-refractivity contribution in [3.05, 3.63) is 84.0 Å². The number of aryl methyl sites for hydroxylation is 4. The summed E-state index contributed by atoms with van der Waals surface area (Å²) in [6.45, 7) is 13.4. The van der Waals surface area contributed by atoms with E-state index in [-0.39, 0.29) is 12.0 Å². The molecule has 0 bridgehead atoms. The van der Waals surface area contributed by atoms with Crippen molar-refractivity contribution in [3.63, 3.8) is 0 Å². The Labute approximate surface area is 202 Å². The number of fused-ring (bicyclic) bond motifs is 6. The van der Waals surface area contributed by atoms with E-state index in [1.807, 2.05) is 47.2 Å². The third-order valence-electron chi connectivity index (χ3n) is 7.31. The molecule has 33 heavy (non-hydrogen) atoms. The smallest absolute Gasteiger partial charge is 0.152 e. The van der Waals surface area contributed by atoms with E-state index in [9.17, 15) is 0 Å². The molecule has 5 heterocycles. The number of ether oxygens (including phenoxy) is 1. The average Bonchev–Trinajstić information content (AvgIpc) is 3.39. The maximum absolute atomic E-state index is 6.98. The Morgan fingerprint density at radius 3 is 1.79 bits per heavy atom. The van der Waals surface area contributed by atoms with Crippen molar-refractivity contribution in [2.45, 2.75) is 53.6 Å². The van der Waals surface area contributed by atoms with Gasteiger partial charge in [0, 0.05) is 53.8 Å². The topological polar surface area (TPSA) is 35.0 Å². The molecule has 2 atom stereocenters. The van der Waals surface area contributed by atoms with Crippen molar-refractivity contribution in [1.29, 1.82) is 0 Å². The van der Waals surface area contributed by atoms with Crippen LogP contribution in [-0.2, 0) is 0 Å². The summed E-state index contributed by atoms with van der Waals surface area (Å²) in [7, 11) is 0. The summed E-state index contributed by atoms with van der Waals surface area (Å²) in [4.78, 5) is 15.2. The van der Waals surface area contributed by atoms with Crippen molar-refractivity contribution < 1.29 is 4.74 Å². The van der Waals surface area contributed by atoms with E-state index in [2.05, 4.69) is 53.7 Å². The fourth-order valence-corrected chi connectivity index (χ4v) is 7.86. The molecule has 4 aromatic heterocycles. The van der Waals surface area contributed by atoms with Crippen molar-refractivity contribution >= 4 is 44.5 Å². The van der Waals surface area contributed by atoms with Gasteiger partial charge in [-0.1, -0.05) is 12.1 Å². The van der Waals surface area contributed by atoms with Crippen molar-refractivity contribution in [3.8, 4) is 5.75 Å². The Balaban J connectivity index is 1.76. The van der Waals surface area contributed by atoms with Crippen molar-refractivity contribution in [1.82, 2.24) is 9.97 Å². The lowest BCUT2D eigenvalue weighted by molar-refractivity contribution is 0.223. The van der Waals surface area contributed by atoms with E-state index in [1.54, 1.807) is 0 Å². The molecule has 6 rings (SSSR count). The average molecular weight is 471 g/mol. The molecule has 0 amide bonds. The maximum atomic E-state index is 6.98. The van der Waals surface area contributed by atoms with E-state index in [0.717, 1.165) is 27.6 Å². The second-order valence-electron chi connectivity index (χ2n) is 9.06. The first-order valence-corrected chi connectivity index (χ1v) is 13.0. The van der Waals surface area contributed by atoms with Crippen LogP contribution >= 0.6 is 22.7 Å². The van der Waals surface area contributed by atoms with E-state index in [0.29, 0.717) is 0 Å². The van der Waals surface area contributed by atoms with Gasteiger partial charge in [-0.15, -0.1) is 22.7 Å². The summed E-state index contributed by atoms with van der Waals surface area (Å²) in [5.74, 6) is 0.984. The van der Waals surface area contributed by atoms with E-state index >= 15 is 0 Å². The molecule has 0 saturated heterocycles. The molecular weight excluding hydrogens is 444 g/mol. The second-order valence-corrected chi connectivity index (χ2v) is 11.9. The van der Waals surface area contributed by atoms with E-state index in [1.165, 1.54) is 47.3 Å². The molecule has 166 valence electrons. The molecule has 5 heteroatoms. The highest BCUT2D eigenvalue weighted by molar-refractivity contribution is 7.12. The Morgan fingerprint density at radius 1 is 0.667 bits per heavy atom. The fraction of sp³-hybridized carbons (Fsp3) is 0.286. The van der Waals surface area contributed by atoms with Gasteiger partial charge in [0.25, 0.3) is 0 Å². The van der Waals surface area contributed by atoms with Crippen molar-refractivity contribution in [2.75, 3.05) is 0 Å². The van der Waals surface area contributed by atoms with Crippen LogP contribution in [0.1, 0.15) is 59.3 Å². The van der Waals surface area contributed by atoms with Gasteiger partial charge >= 0.3 is 0 Å². The first-order valence-electron chi connectivity index (χ1n) is 11.3. The highest BCUT2D eigenvalue weighted by Crippen LogP contribution is 2.57. The van der Waals surface area contributed by atoms with E-state index in [4.69, 9.17) is 14.7 Å². The van der Waals surface area contributed by atoms with Crippen LogP contribution in [0.15, 0.2) is 36.7 Å². The number of hydrogen-bond acceptors (Lipinski definition) is 5. The lowest BCUT2D eigenvalue weighted by Crippen LogP contribution is -2.14. The van der Waals surface area contributed by atoms with Crippen LogP contribution in [-0.4, -0.2) is 9.97 Å². The van der Waals surface area contributed by atoms with Crippen LogP contribution < -0.4 is 4.74 Å². The number of aromatic nitrogens is 2. The van der Waals surface area contributed by atoms with Gasteiger partial charge in [0.15, 0.2) is 5.75 Å². The molecule has 0 fully saturated rings. The molecule has 0 aliphatic carbocycles. The molecule has 1 aliphatic heterocycles. The van der Waals surface area contributed by atoms with Gasteiger partial charge in [0.05, 0.1) is 11.4 Å². The number of pyridine rings is 2. The Kier molecular flexibility index (Phi) is 4.65. The molecule has 1 aliphatic rings. The Morgan fingerprint density at radius 2 is 1.21 bits per heavy atom.